The van der Waals surface area contributed by atoms with Gasteiger partial charge in [0.05, 0.1) is 17.3 Å². The third-order valence-corrected chi connectivity index (χ3v) is 2.81. The number of benzene rings is 1. The van der Waals surface area contributed by atoms with E-state index >= 15 is 0 Å². The third kappa shape index (κ3) is 6.67. The monoisotopic (exact) mass is 316 g/mol. The number of amides is 1. The van der Waals surface area contributed by atoms with Gasteiger partial charge in [-0.05, 0) is 52.8 Å². The molecular formula is C15H22ClFN2O2. The van der Waals surface area contributed by atoms with Crippen LogP contribution < -0.4 is 10.6 Å². The first-order valence-corrected chi connectivity index (χ1v) is 7.06. The van der Waals surface area contributed by atoms with Gasteiger partial charge >= 0.3 is 6.09 Å². The standard InChI is InChI=1S/C15H22ClFN2O2/c1-14(2,3)19-13(20)21-15(4,5)9-18-12-8-10(17)6-7-11(12)16/h6-8,18H,9H2,1-5H3,(H,19,20). The zero-order valence-electron chi connectivity index (χ0n) is 13.0. The fourth-order valence-electron chi connectivity index (χ4n) is 1.56. The molecule has 0 saturated heterocycles. The molecule has 0 aliphatic heterocycles. The van der Waals surface area contributed by atoms with E-state index in [2.05, 4.69) is 10.6 Å². The highest BCUT2D eigenvalue weighted by atomic mass is 35.5. The van der Waals surface area contributed by atoms with Crippen LogP contribution in [0.2, 0.25) is 5.02 Å². The van der Waals surface area contributed by atoms with Crippen molar-refractivity contribution in [3.8, 4) is 0 Å². The van der Waals surface area contributed by atoms with Crippen LogP contribution in [0.15, 0.2) is 18.2 Å². The summed E-state index contributed by atoms with van der Waals surface area (Å²) >= 11 is 5.97. The number of alkyl carbamates (subject to hydrolysis) is 1. The molecule has 0 heterocycles. The number of anilines is 1. The average molecular weight is 317 g/mol. The van der Waals surface area contributed by atoms with Crippen molar-refractivity contribution < 1.29 is 13.9 Å². The van der Waals surface area contributed by atoms with E-state index < -0.39 is 11.7 Å². The lowest BCUT2D eigenvalue weighted by Gasteiger charge is -2.29. The zero-order valence-corrected chi connectivity index (χ0v) is 13.8. The molecule has 0 radical (unpaired) electrons. The number of hydrogen-bond acceptors (Lipinski definition) is 3. The Labute approximate surface area is 130 Å². The molecule has 0 spiro atoms. The maximum Gasteiger partial charge on any atom is 0.408 e. The molecule has 2 N–H and O–H groups in total. The Balaban J connectivity index is 2.60. The van der Waals surface area contributed by atoms with E-state index in [1.807, 2.05) is 20.8 Å². The normalized spacial score (nSPS) is 12.0. The van der Waals surface area contributed by atoms with Gasteiger partial charge in [0, 0.05) is 5.54 Å². The molecule has 0 saturated carbocycles. The van der Waals surface area contributed by atoms with Gasteiger partial charge in [-0.1, -0.05) is 11.6 Å². The molecule has 6 heteroatoms. The van der Waals surface area contributed by atoms with Gasteiger partial charge in [0.15, 0.2) is 0 Å². The zero-order chi connectivity index (χ0) is 16.3. The minimum Gasteiger partial charge on any atom is -0.442 e. The van der Waals surface area contributed by atoms with Gasteiger partial charge in [0.25, 0.3) is 0 Å². The van der Waals surface area contributed by atoms with E-state index in [0.717, 1.165) is 0 Å². The van der Waals surface area contributed by atoms with E-state index in [9.17, 15) is 9.18 Å². The van der Waals surface area contributed by atoms with Gasteiger partial charge in [0.1, 0.15) is 11.4 Å². The van der Waals surface area contributed by atoms with E-state index in [-0.39, 0.29) is 11.4 Å². The summed E-state index contributed by atoms with van der Waals surface area (Å²) in [5.74, 6) is -0.383. The molecule has 0 fully saturated rings. The largest absolute Gasteiger partial charge is 0.442 e. The molecule has 1 amide bonds. The number of carbonyl (C=O) groups excluding carboxylic acids is 1. The second-order valence-corrected chi connectivity index (χ2v) is 6.91. The Morgan fingerprint density at radius 2 is 1.90 bits per heavy atom. The van der Waals surface area contributed by atoms with Crippen LogP contribution in [0, 0.1) is 5.82 Å². The molecule has 118 valence electrons. The number of ether oxygens (including phenoxy) is 1. The van der Waals surface area contributed by atoms with Gasteiger partial charge in [0.2, 0.25) is 0 Å². The van der Waals surface area contributed by atoms with Gasteiger partial charge < -0.3 is 15.4 Å². The van der Waals surface area contributed by atoms with Gasteiger partial charge in [-0.15, -0.1) is 0 Å². The Hall–Kier alpha value is -1.49. The minimum atomic E-state index is -0.773. The average Bonchev–Trinajstić information content (AvgIpc) is 2.27. The Morgan fingerprint density at radius 1 is 1.29 bits per heavy atom. The van der Waals surface area contributed by atoms with Crippen molar-refractivity contribution in [3.05, 3.63) is 29.0 Å². The van der Waals surface area contributed by atoms with Crippen molar-refractivity contribution in [3.63, 3.8) is 0 Å². The van der Waals surface area contributed by atoms with Crippen LogP contribution in [-0.2, 0) is 4.74 Å². The van der Waals surface area contributed by atoms with Crippen LogP contribution in [0.25, 0.3) is 0 Å². The first-order chi connectivity index (χ1) is 9.48. The molecular weight excluding hydrogens is 295 g/mol. The summed E-state index contributed by atoms with van der Waals surface area (Å²) in [6, 6.07) is 4.05. The van der Waals surface area contributed by atoms with Crippen LogP contribution in [0.5, 0.6) is 0 Å². The van der Waals surface area contributed by atoms with Crippen LogP contribution >= 0.6 is 11.6 Å². The fraction of sp³-hybridized carbons (Fsp3) is 0.533. The molecule has 1 rings (SSSR count). The molecule has 0 bridgehead atoms. The molecule has 0 atom stereocenters. The minimum absolute atomic E-state index is 0.299. The number of nitrogens with one attached hydrogen (secondary N) is 2. The van der Waals surface area contributed by atoms with Crippen molar-refractivity contribution >= 4 is 23.4 Å². The molecule has 21 heavy (non-hydrogen) atoms. The van der Waals surface area contributed by atoms with E-state index in [4.69, 9.17) is 16.3 Å². The lowest BCUT2D eigenvalue weighted by Crippen LogP contribution is -2.46. The highest BCUT2D eigenvalue weighted by Gasteiger charge is 2.25. The van der Waals surface area contributed by atoms with Crippen molar-refractivity contribution in [1.82, 2.24) is 5.32 Å². The number of halogens is 2. The summed E-state index contributed by atoms with van der Waals surface area (Å²) in [6.07, 6.45) is -0.500. The van der Waals surface area contributed by atoms with E-state index in [0.29, 0.717) is 17.3 Å². The van der Waals surface area contributed by atoms with Crippen molar-refractivity contribution in [2.24, 2.45) is 0 Å². The SMILES string of the molecule is CC(C)(C)NC(=O)OC(C)(C)CNc1cc(F)ccc1Cl. The van der Waals surface area contributed by atoms with Crippen LogP contribution in [-0.4, -0.2) is 23.8 Å². The maximum atomic E-state index is 13.2. The predicted octanol–water partition coefficient (Wildman–Crippen LogP) is 4.19. The molecule has 1 aromatic carbocycles. The van der Waals surface area contributed by atoms with Crippen molar-refractivity contribution in [2.45, 2.75) is 45.8 Å². The molecule has 0 aromatic heterocycles. The van der Waals surface area contributed by atoms with Gasteiger partial charge in [-0.2, -0.15) is 0 Å². The summed E-state index contributed by atoms with van der Waals surface area (Å²) in [4.78, 5) is 11.8. The highest BCUT2D eigenvalue weighted by molar-refractivity contribution is 6.33. The second-order valence-electron chi connectivity index (χ2n) is 6.50. The van der Waals surface area contributed by atoms with Crippen molar-refractivity contribution in [2.75, 3.05) is 11.9 Å². The number of carbonyl (C=O) groups is 1. The van der Waals surface area contributed by atoms with E-state index in [1.54, 1.807) is 13.8 Å². The molecule has 0 aliphatic rings. The Bertz CT molecular complexity index is 513. The summed E-state index contributed by atoms with van der Waals surface area (Å²) in [7, 11) is 0. The fourth-order valence-corrected chi connectivity index (χ4v) is 1.74. The smallest absolute Gasteiger partial charge is 0.408 e. The maximum absolute atomic E-state index is 13.2. The van der Waals surface area contributed by atoms with Gasteiger partial charge in [-0.25, -0.2) is 9.18 Å². The van der Waals surface area contributed by atoms with Crippen molar-refractivity contribution in [1.29, 1.82) is 0 Å². The van der Waals surface area contributed by atoms with Crippen LogP contribution in [0.4, 0.5) is 14.9 Å². The first kappa shape index (κ1) is 17.6. The summed E-state index contributed by atoms with van der Waals surface area (Å²) in [6.45, 7) is 9.42. The molecule has 4 nitrogen and oxygen atoms in total. The van der Waals surface area contributed by atoms with Crippen LogP contribution in [0.1, 0.15) is 34.6 Å². The summed E-state index contributed by atoms with van der Waals surface area (Å²) in [5.41, 5.74) is -0.679. The molecule has 0 aliphatic carbocycles. The second kappa shape index (κ2) is 6.52. The highest BCUT2D eigenvalue weighted by Crippen LogP contribution is 2.23. The predicted molar refractivity (Wildman–Crippen MR) is 83.3 cm³/mol. The summed E-state index contributed by atoms with van der Waals surface area (Å²) in [5, 5.41) is 6.11. The Morgan fingerprint density at radius 3 is 2.48 bits per heavy atom. The lowest BCUT2D eigenvalue weighted by atomic mass is 10.1. The number of hydrogen-bond donors (Lipinski definition) is 2. The van der Waals surface area contributed by atoms with Gasteiger partial charge in [-0.3, -0.25) is 0 Å². The van der Waals surface area contributed by atoms with E-state index in [1.165, 1.54) is 18.2 Å². The first-order valence-electron chi connectivity index (χ1n) is 6.69. The number of rotatable bonds is 4. The molecule has 0 unspecified atom stereocenters. The third-order valence-electron chi connectivity index (χ3n) is 2.48. The topological polar surface area (TPSA) is 50.4 Å². The van der Waals surface area contributed by atoms with Crippen LogP contribution in [0.3, 0.4) is 0 Å². The summed E-state index contributed by atoms with van der Waals surface area (Å²) < 4.78 is 18.5. The quantitative estimate of drug-likeness (QED) is 0.875. The molecule has 1 aromatic rings. The lowest BCUT2D eigenvalue weighted by molar-refractivity contribution is 0.0438. The Kier molecular flexibility index (Phi) is 5.45.